The third-order valence-electron chi connectivity index (χ3n) is 2.38. The average molecular weight is 297 g/mol. The molecular weight excluding hydrogens is 278 g/mol. The molecular formula is C12H19N5O2S. The van der Waals surface area contributed by atoms with Crippen molar-refractivity contribution in [3.05, 3.63) is 36.0 Å². The topological polar surface area (TPSA) is 76.7 Å². The third kappa shape index (κ3) is 4.04. The van der Waals surface area contributed by atoms with Crippen molar-refractivity contribution in [1.82, 2.24) is 25.4 Å². The van der Waals surface area contributed by atoms with Gasteiger partial charge in [-0.1, -0.05) is 12.2 Å². The van der Waals surface area contributed by atoms with Gasteiger partial charge in [-0.15, -0.1) is 13.2 Å². The molecule has 8 heteroatoms. The number of hydrazine groups is 1. The molecule has 110 valence electrons. The van der Waals surface area contributed by atoms with Crippen LogP contribution in [0.25, 0.3) is 0 Å². The number of carbonyl (C=O) groups excluding carboxylic acids is 2. The molecule has 0 saturated carbocycles. The highest BCUT2D eigenvalue weighted by atomic mass is 32.2. The molecule has 0 aromatic heterocycles. The molecule has 0 fully saturated rings. The maximum Gasteiger partial charge on any atom is 0.321 e. The lowest BCUT2D eigenvalue weighted by atomic mass is 10.3. The van der Waals surface area contributed by atoms with Gasteiger partial charge in [0, 0.05) is 27.2 Å². The molecule has 7 nitrogen and oxygen atoms in total. The van der Waals surface area contributed by atoms with Crippen LogP contribution in [0.4, 0.5) is 4.79 Å². The van der Waals surface area contributed by atoms with E-state index in [0.29, 0.717) is 23.8 Å². The van der Waals surface area contributed by atoms with E-state index in [1.54, 1.807) is 31.1 Å². The molecule has 3 amide bonds. The average Bonchev–Trinajstić information content (AvgIpc) is 2.85. The second-order valence-electron chi connectivity index (χ2n) is 4.15. The largest absolute Gasteiger partial charge is 0.331 e. The first-order chi connectivity index (χ1) is 9.51. The Labute approximate surface area is 122 Å². The molecule has 1 rings (SSSR count). The zero-order valence-corrected chi connectivity index (χ0v) is 12.4. The summed E-state index contributed by atoms with van der Waals surface area (Å²) in [5.74, 6) is -0.239. The van der Waals surface area contributed by atoms with Gasteiger partial charge in [0.1, 0.15) is 10.7 Å². The Morgan fingerprint density at radius 2 is 1.90 bits per heavy atom. The lowest BCUT2D eigenvalue weighted by molar-refractivity contribution is -0.126. The van der Waals surface area contributed by atoms with Crippen LogP contribution in [-0.2, 0) is 4.79 Å². The first-order valence-corrected chi connectivity index (χ1v) is 6.74. The monoisotopic (exact) mass is 297 g/mol. The van der Waals surface area contributed by atoms with Crippen LogP contribution in [0.2, 0.25) is 0 Å². The van der Waals surface area contributed by atoms with Crippen molar-refractivity contribution in [2.24, 2.45) is 0 Å². The molecule has 0 aliphatic carbocycles. The summed E-state index contributed by atoms with van der Waals surface area (Å²) in [6, 6.07) is -0.303. The van der Waals surface area contributed by atoms with Gasteiger partial charge in [-0.3, -0.25) is 10.1 Å². The Morgan fingerprint density at radius 3 is 2.40 bits per heavy atom. The van der Waals surface area contributed by atoms with Crippen LogP contribution in [0.15, 0.2) is 36.0 Å². The van der Waals surface area contributed by atoms with Gasteiger partial charge in [0.25, 0.3) is 5.91 Å². The number of amides is 3. The highest BCUT2D eigenvalue weighted by molar-refractivity contribution is 8.01. The van der Waals surface area contributed by atoms with Gasteiger partial charge in [0.05, 0.1) is 0 Å². The van der Waals surface area contributed by atoms with E-state index in [9.17, 15) is 9.59 Å². The maximum atomic E-state index is 12.4. The molecule has 1 heterocycles. The standard InChI is InChI=1S/C12H19N5O2S/c1-5-7-17(8-6-2)11(18)9-10(20-15-14-9)13-12(19)16(3)4/h5-6,14-15H,1-2,7-8H2,3-4H3,(H,13,19). The first-order valence-electron chi connectivity index (χ1n) is 5.92. The minimum atomic E-state index is -0.303. The number of hydrogen-bond donors (Lipinski definition) is 3. The predicted octanol–water partition coefficient (Wildman–Crippen LogP) is 0.383. The molecule has 0 bridgehead atoms. The molecule has 3 N–H and O–H groups in total. The Bertz CT molecular complexity index is 437. The number of urea groups is 1. The molecule has 0 radical (unpaired) electrons. The fourth-order valence-electron chi connectivity index (χ4n) is 1.39. The van der Waals surface area contributed by atoms with E-state index in [-0.39, 0.29) is 11.9 Å². The van der Waals surface area contributed by atoms with Gasteiger partial charge in [-0.05, 0) is 11.9 Å². The summed E-state index contributed by atoms with van der Waals surface area (Å²) in [7, 11) is 3.25. The number of rotatable bonds is 6. The minimum Gasteiger partial charge on any atom is -0.331 e. The molecule has 0 unspecified atom stereocenters. The summed E-state index contributed by atoms with van der Waals surface area (Å²) in [6.45, 7) is 8.04. The van der Waals surface area contributed by atoms with Gasteiger partial charge in [-0.2, -0.15) is 4.83 Å². The molecule has 0 atom stereocenters. The Balaban J connectivity index is 2.88. The van der Waals surface area contributed by atoms with E-state index in [1.165, 1.54) is 4.90 Å². The van der Waals surface area contributed by atoms with Crippen molar-refractivity contribution in [2.75, 3.05) is 27.2 Å². The highest BCUT2D eigenvalue weighted by Crippen LogP contribution is 2.19. The van der Waals surface area contributed by atoms with Crippen molar-refractivity contribution in [3.8, 4) is 0 Å². The van der Waals surface area contributed by atoms with Crippen LogP contribution in [0.3, 0.4) is 0 Å². The Kier molecular flexibility index (Phi) is 6.13. The molecule has 20 heavy (non-hydrogen) atoms. The molecule has 0 aromatic carbocycles. The SMILES string of the molecule is C=CCN(CC=C)C(=O)C1=C(NC(=O)N(C)C)SNN1. The van der Waals surface area contributed by atoms with Crippen molar-refractivity contribution in [2.45, 2.75) is 0 Å². The van der Waals surface area contributed by atoms with Gasteiger partial charge in [-0.25, -0.2) is 4.79 Å². The van der Waals surface area contributed by atoms with Crippen LogP contribution in [0, 0.1) is 0 Å². The fourth-order valence-corrected chi connectivity index (χ4v) is 2.03. The molecule has 1 aliphatic rings. The zero-order valence-electron chi connectivity index (χ0n) is 11.6. The summed E-state index contributed by atoms with van der Waals surface area (Å²) in [4.78, 5) is 29.7. The third-order valence-corrected chi connectivity index (χ3v) is 3.10. The second-order valence-corrected chi connectivity index (χ2v) is 4.96. The normalized spacial score (nSPS) is 13.5. The quantitative estimate of drug-likeness (QED) is 0.488. The summed E-state index contributed by atoms with van der Waals surface area (Å²) in [6.07, 6.45) is 3.27. The highest BCUT2D eigenvalue weighted by Gasteiger charge is 2.26. The maximum absolute atomic E-state index is 12.4. The van der Waals surface area contributed by atoms with Crippen LogP contribution in [-0.4, -0.2) is 48.9 Å². The van der Waals surface area contributed by atoms with Crippen molar-refractivity contribution >= 4 is 23.9 Å². The number of hydrogen-bond acceptors (Lipinski definition) is 5. The predicted molar refractivity (Wildman–Crippen MR) is 80.1 cm³/mol. The Morgan fingerprint density at radius 1 is 1.30 bits per heavy atom. The summed E-state index contributed by atoms with van der Waals surface area (Å²) in [5, 5.41) is 3.09. The summed E-state index contributed by atoms with van der Waals surface area (Å²) >= 11 is 1.14. The van der Waals surface area contributed by atoms with E-state index in [4.69, 9.17) is 0 Å². The van der Waals surface area contributed by atoms with Gasteiger partial charge >= 0.3 is 6.03 Å². The van der Waals surface area contributed by atoms with Crippen molar-refractivity contribution in [1.29, 1.82) is 0 Å². The fraction of sp³-hybridized carbons (Fsp3) is 0.333. The Hall–Kier alpha value is -1.93. The van der Waals surface area contributed by atoms with Crippen LogP contribution >= 0.6 is 11.9 Å². The van der Waals surface area contributed by atoms with E-state index in [2.05, 4.69) is 28.7 Å². The van der Waals surface area contributed by atoms with E-state index in [1.807, 2.05) is 0 Å². The van der Waals surface area contributed by atoms with Crippen LogP contribution in [0.1, 0.15) is 0 Å². The van der Waals surface area contributed by atoms with Gasteiger partial charge < -0.3 is 15.2 Å². The first kappa shape index (κ1) is 16.1. The summed E-state index contributed by atoms with van der Waals surface area (Å²) in [5.41, 5.74) is 3.05. The molecule has 0 spiro atoms. The number of carbonyl (C=O) groups is 2. The van der Waals surface area contributed by atoms with Crippen molar-refractivity contribution < 1.29 is 9.59 Å². The number of nitrogens with one attached hydrogen (secondary N) is 3. The number of nitrogens with zero attached hydrogens (tertiary/aromatic N) is 2. The lowest BCUT2D eigenvalue weighted by Gasteiger charge is -2.20. The van der Waals surface area contributed by atoms with E-state index < -0.39 is 0 Å². The zero-order chi connectivity index (χ0) is 15.1. The molecule has 1 aliphatic heterocycles. The minimum absolute atomic E-state index is 0.239. The van der Waals surface area contributed by atoms with Crippen molar-refractivity contribution in [3.63, 3.8) is 0 Å². The summed E-state index contributed by atoms with van der Waals surface area (Å²) < 4.78 is 0. The molecule has 0 aromatic rings. The van der Waals surface area contributed by atoms with Crippen LogP contribution in [0.5, 0.6) is 0 Å². The smallest absolute Gasteiger partial charge is 0.321 e. The second kappa shape index (κ2) is 7.61. The van der Waals surface area contributed by atoms with Crippen LogP contribution < -0.4 is 15.6 Å². The van der Waals surface area contributed by atoms with E-state index >= 15 is 0 Å². The van der Waals surface area contributed by atoms with E-state index in [0.717, 1.165) is 11.9 Å². The van der Waals surface area contributed by atoms with Gasteiger partial charge in [0.2, 0.25) is 0 Å². The molecule has 0 saturated heterocycles. The van der Waals surface area contributed by atoms with Gasteiger partial charge in [0.15, 0.2) is 0 Å². The lowest BCUT2D eigenvalue weighted by Crippen LogP contribution is -2.39.